The SMILES string of the molecule is COc1ccc(C(=O)/C=C/c2ccc(F)c(F)c2)cc1CN1CCOCC1. The molecule has 0 N–H and O–H groups in total. The molecular weight excluding hydrogens is 352 g/mol. The molecule has 0 atom stereocenters. The van der Waals surface area contributed by atoms with E-state index >= 15 is 0 Å². The number of ketones is 1. The van der Waals surface area contributed by atoms with E-state index in [9.17, 15) is 13.6 Å². The Balaban J connectivity index is 1.76. The van der Waals surface area contributed by atoms with Crippen LogP contribution in [0.1, 0.15) is 21.5 Å². The minimum atomic E-state index is -0.943. The van der Waals surface area contributed by atoms with Gasteiger partial charge in [-0.15, -0.1) is 0 Å². The summed E-state index contributed by atoms with van der Waals surface area (Å²) in [5.41, 5.74) is 1.86. The largest absolute Gasteiger partial charge is 0.496 e. The first kappa shape index (κ1) is 19.2. The van der Waals surface area contributed by atoms with Crippen LogP contribution in [0.2, 0.25) is 0 Å². The molecule has 2 aromatic rings. The van der Waals surface area contributed by atoms with Crippen LogP contribution in [0.25, 0.3) is 6.08 Å². The van der Waals surface area contributed by atoms with Crippen molar-refractivity contribution in [3.63, 3.8) is 0 Å². The van der Waals surface area contributed by atoms with Gasteiger partial charge in [0.05, 0.1) is 20.3 Å². The third-order valence-corrected chi connectivity index (χ3v) is 4.43. The molecule has 0 radical (unpaired) electrons. The van der Waals surface area contributed by atoms with Crippen LogP contribution in [-0.4, -0.2) is 44.1 Å². The van der Waals surface area contributed by atoms with Gasteiger partial charge in [0.25, 0.3) is 0 Å². The average Bonchev–Trinajstić information content (AvgIpc) is 2.69. The number of carbonyl (C=O) groups excluding carboxylic acids is 1. The maximum absolute atomic E-state index is 13.3. The lowest BCUT2D eigenvalue weighted by Crippen LogP contribution is -2.35. The second-order valence-corrected chi connectivity index (χ2v) is 6.29. The van der Waals surface area contributed by atoms with E-state index in [0.717, 1.165) is 36.5 Å². The fraction of sp³-hybridized carbons (Fsp3) is 0.286. The zero-order valence-electron chi connectivity index (χ0n) is 15.1. The highest BCUT2D eigenvalue weighted by atomic mass is 19.2. The topological polar surface area (TPSA) is 38.8 Å². The Bertz CT molecular complexity index is 845. The second kappa shape index (κ2) is 8.88. The number of rotatable bonds is 6. The first-order chi connectivity index (χ1) is 13.1. The van der Waals surface area contributed by atoms with Crippen LogP contribution in [0.4, 0.5) is 8.78 Å². The molecule has 6 heteroatoms. The number of hydrogen-bond donors (Lipinski definition) is 0. The summed E-state index contributed by atoms with van der Waals surface area (Å²) in [5, 5.41) is 0. The van der Waals surface area contributed by atoms with E-state index in [0.29, 0.717) is 30.9 Å². The molecule has 0 aromatic heterocycles. The summed E-state index contributed by atoms with van der Waals surface area (Å²) in [6.07, 6.45) is 2.82. The van der Waals surface area contributed by atoms with Crippen LogP contribution in [0, 0.1) is 11.6 Å². The first-order valence-corrected chi connectivity index (χ1v) is 8.71. The first-order valence-electron chi connectivity index (χ1n) is 8.71. The van der Waals surface area contributed by atoms with E-state index in [1.165, 1.54) is 18.2 Å². The van der Waals surface area contributed by atoms with E-state index < -0.39 is 11.6 Å². The summed E-state index contributed by atoms with van der Waals surface area (Å²) in [4.78, 5) is 14.7. The third kappa shape index (κ3) is 4.99. The van der Waals surface area contributed by atoms with Crippen LogP contribution in [-0.2, 0) is 11.3 Å². The molecule has 1 fully saturated rings. The zero-order valence-corrected chi connectivity index (χ0v) is 15.1. The molecule has 1 saturated heterocycles. The van der Waals surface area contributed by atoms with Gasteiger partial charge in [0.2, 0.25) is 0 Å². The van der Waals surface area contributed by atoms with Crippen molar-refractivity contribution in [3.05, 3.63) is 70.8 Å². The van der Waals surface area contributed by atoms with Crippen molar-refractivity contribution in [2.24, 2.45) is 0 Å². The lowest BCUT2D eigenvalue weighted by molar-refractivity contribution is 0.0338. The molecule has 3 rings (SSSR count). The molecule has 1 heterocycles. The van der Waals surface area contributed by atoms with Crippen LogP contribution in [0.3, 0.4) is 0 Å². The smallest absolute Gasteiger partial charge is 0.185 e. The van der Waals surface area contributed by atoms with Gasteiger partial charge in [0.15, 0.2) is 17.4 Å². The van der Waals surface area contributed by atoms with Crippen molar-refractivity contribution in [2.45, 2.75) is 6.54 Å². The number of morpholine rings is 1. The van der Waals surface area contributed by atoms with Crippen LogP contribution in [0.5, 0.6) is 5.75 Å². The van der Waals surface area contributed by atoms with E-state index in [4.69, 9.17) is 9.47 Å². The van der Waals surface area contributed by atoms with Crippen molar-refractivity contribution in [1.29, 1.82) is 0 Å². The van der Waals surface area contributed by atoms with Crippen LogP contribution in [0.15, 0.2) is 42.5 Å². The van der Waals surface area contributed by atoms with Gasteiger partial charge in [-0.1, -0.05) is 12.1 Å². The number of benzene rings is 2. The molecule has 27 heavy (non-hydrogen) atoms. The third-order valence-electron chi connectivity index (χ3n) is 4.43. The van der Waals surface area contributed by atoms with E-state index in [-0.39, 0.29) is 5.78 Å². The number of methoxy groups -OCH3 is 1. The predicted molar refractivity (Wildman–Crippen MR) is 98.8 cm³/mol. The maximum Gasteiger partial charge on any atom is 0.185 e. The van der Waals surface area contributed by atoms with Gasteiger partial charge in [0, 0.05) is 30.8 Å². The molecule has 0 unspecified atom stereocenters. The van der Waals surface area contributed by atoms with Gasteiger partial charge in [-0.05, 0) is 42.0 Å². The number of ether oxygens (including phenoxy) is 2. The van der Waals surface area contributed by atoms with Crippen molar-refractivity contribution < 1.29 is 23.0 Å². The number of halogens is 2. The molecule has 1 aliphatic heterocycles. The van der Waals surface area contributed by atoms with Crippen molar-refractivity contribution >= 4 is 11.9 Å². The summed E-state index contributed by atoms with van der Waals surface area (Å²) in [7, 11) is 1.60. The highest BCUT2D eigenvalue weighted by Crippen LogP contribution is 2.23. The van der Waals surface area contributed by atoms with E-state index in [1.807, 2.05) is 6.07 Å². The van der Waals surface area contributed by atoms with Gasteiger partial charge >= 0.3 is 0 Å². The van der Waals surface area contributed by atoms with Crippen molar-refractivity contribution in [2.75, 3.05) is 33.4 Å². The van der Waals surface area contributed by atoms with Gasteiger partial charge < -0.3 is 9.47 Å². The molecular formula is C21H21F2NO3. The Labute approximate surface area is 157 Å². The Kier molecular flexibility index (Phi) is 6.32. The number of hydrogen-bond acceptors (Lipinski definition) is 4. The maximum atomic E-state index is 13.3. The summed E-state index contributed by atoms with van der Waals surface area (Å²) >= 11 is 0. The zero-order chi connectivity index (χ0) is 19.2. The standard InChI is InChI=1S/C21H21F2NO3/c1-26-21-7-4-16(13-17(21)14-24-8-10-27-11-9-24)20(25)6-3-15-2-5-18(22)19(23)12-15/h2-7,12-13H,8-11,14H2,1H3/b6-3+. The lowest BCUT2D eigenvalue weighted by atomic mass is 10.0. The summed E-state index contributed by atoms with van der Waals surface area (Å²) in [5.74, 6) is -1.35. The number of nitrogens with zero attached hydrogens (tertiary/aromatic N) is 1. The Morgan fingerprint density at radius 1 is 1.15 bits per heavy atom. The van der Waals surface area contributed by atoms with Crippen LogP contribution >= 0.6 is 0 Å². The molecule has 1 aliphatic rings. The average molecular weight is 373 g/mol. The van der Waals surface area contributed by atoms with Gasteiger partial charge in [-0.3, -0.25) is 9.69 Å². The molecule has 0 spiro atoms. The van der Waals surface area contributed by atoms with E-state index in [1.54, 1.807) is 19.2 Å². The number of allylic oxidation sites excluding steroid dienone is 1. The molecule has 0 bridgehead atoms. The predicted octanol–water partition coefficient (Wildman–Crippen LogP) is 3.70. The fourth-order valence-corrected chi connectivity index (χ4v) is 2.94. The minimum absolute atomic E-state index is 0.217. The normalized spacial score (nSPS) is 15.2. The fourth-order valence-electron chi connectivity index (χ4n) is 2.94. The van der Waals surface area contributed by atoms with Gasteiger partial charge in [0.1, 0.15) is 5.75 Å². The van der Waals surface area contributed by atoms with Gasteiger partial charge in [-0.25, -0.2) is 8.78 Å². The molecule has 142 valence electrons. The monoisotopic (exact) mass is 373 g/mol. The number of carbonyl (C=O) groups is 1. The molecule has 0 amide bonds. The summed E-state index contributed by atoms with van der Waals surface area (Å²) in [6, 6.07) is 8.78. The quantitative estimate of drug-likeness (QED) is 0.572. The molecule has 2 aromatic carbocycles. The molecule has 4 nitrogen and oxygen atoms in total. The van der Waals surface area contributed by atoms with E-state index in [2.05, 4.69) is 4.90 Å². The second-order valence-electron chi connectivity index (χ2n) is 6.29. The van der Waals surface area contributed by atoms with Crippen molar-refractivity contribution in [1.82, 2.24) is 4.90 Å². The van der Waals surface area contributed by atoms with Gasteiger partial charge in [-0.2, -0.15) is 0 Å². The minimum Gasteiger partial charge on any atom is -0.496 e. The Hall–Kier alpha value is -2.57. The summed E-state index contributed by atoms with van der Waals surface area (Å²) in [6.45, 7) is 3.71. The summed E-state index contributed by atoms with van der Waals surface area (Å²) < 4.78 is 37.0. The highest BCUT2D eigenvalue weighted by molar-refractivity contribution is 6.07. The molecule has 0 aliphatic carbocycles. The van der Waals surface area contributed by atoms with Crippen molar-refractivity contribution in [3.8, 4) is 5.75 Å². The molecule has 0 saturated carbocycles. The lowest BCUT2D eigenvalue weighted by Gasteiger charge is -2.27. The Morgan fingerprint density at radius 2 is 1.93 bits per heavy atom. The highest BCUT2D eigenvalue weighted by Gasteiger charge is 2.15. The van der Waals surface area contributed by atoms with Crippen LogP contribution < -0.4 is 4.74 Å². The Morgan fingerprint density at radius 3 is 2.63 bits per heavy atom.